The molecule has 0 radical (unpaired) electrons. The SMILES string of the molecule is COC(=O)c1cccc(NC(=O)c2cn(C(C)=O)c3ccccc23)c1. The van der Waals surface area contributed by atoms with E-state index in [-0.39, 0.29) is 11.8 Å². The molecule has 126 valence electrons. The van der Waals surface area contributed by atoms with Crippen molar-refractivity contribution < 1.29 is 19.1 Å². The fraction of sp³-hybridized carbons (Fsp3) is 0.105. The Bertz CT molecular complexity index is 988. The largest absolute Gasteiger partial charge is 0.465 e. The van der Waals surface area contributed by atoms with E-state index in [1.54, 1.807) is 30.3 Å². The van der Waals surface area contributed by atoms with Crippen LogP contribution in [0.4, 0.5) is 5.69 Å². The summed E-state index contributed by atoms with van der Waals surface area (Å²) < 4.78 is 6.12. The second kappa shape index (κ2) is 6.60. The molecule has 25 heavy (non-hydrogen) atoms. The molecule has 1 aromatic heterocycles. The highest BCUT2D eigenvalue weighted by Gasteiger charge is 2.17. The van der Waals surface area contributed by atoms with Crippen LogP contribution in [0.25, 0.3) is 10.9 Å². The zero-order valence-corrected chi connectivity index (χ0v) is 13.8. The van der Waals surface area contributed by atoms with Crippen LogP contribution < -0.4 is 5.32 Å². The Labute approximate surface area is 144 Å². The maximum Gasteiger partial charge on any atom is 0.337 e. The van der Waals surface area contributed by atoms with Crippen LogP contribution in [0, 0.1) is 0 Å². The number of nitrogens with zero attached hydrogens (tertiary/aromatic N) is 1. The van der Waals surface area contributed by atoms with Gasteiger partial charge in [-0.2, -0.15) is 0 Å². The number of amides is 1. The van der Waals surface area contributed by atoms with Gasteiger partial charge in [-0.3, -0.25) is 14.2 Å². The second-order valence-corrected chi connectivity index (χ2v) is 5.48. The summed E-state index contributed by atoms with van der Waals surface area (Å²) in [5, 5.41) is 3.43. The Balaban J connectivity index is 1.96. The number of para-hydroxylation sites is 1. The summed E-state index contributed by atoms with van der Waals surface area (Å²) in [6.45, 7) is 1.44. The number of benzene rings is 2. The van der Waals surface area contributed by atoms with Gasteiger partial charge in [0.05, 0.1) is 23.8 Å². The van der Waals surface area contributed by atoms with E-state index in [1.165, 1.54) is 30.9 Å². The first-order chi connectivity index (χ1) is 12.0. The predicted molar refractivity (Wildman–Crippen MR) is 94.0 cm³/mol. The molecule has 1 amide bonds. The summed E-state index contributed by atoms with van der Waals surface area (Å²) in [5.41, 5.74) is 1.86. The molecule has 3 rings (SSSR count). The minimum Gasteiger partial charge on any atom is -0.465 e. The average molecular weight is 336 g/mol. The smallest absolute Gasteiger partial charge is 0.337 e. The number of hydrogen-bond donors (Lipinski definition) is 1. The summed E-state index contributed by atoms with van der Waals surface area (Å²) in [4.78, 5) is 36.0. The highest BCUT2D eigenvalue weighted by molar-refractivity contribution is 6.14. The fourth-order valence-corrected chi connectivity index (χ4v) is 2.66. The quantitative estimate of drug-likeness (QED) is 0.744. The zero-order valence-electron chi connectivity index (χ0n) is 13.8. The van der Waals surface area contributed by atoms with Crippen molar-refractivity contribution in [1.29, 1.82) is 0 Å². The summed E-state index contributed by atoms with van der Waals surface area (Å²) >= 11 is 0. The molecule has 2 aromatic carbocycles. The van der Waals surface area contributed by atoms with Crippen molar-refractivity contribution in [3.63, 3.8) is 0 Å². The number of aromatic nitrogens is 1. The molecule has 0 fully saturated rings. The number of rotatable bonds is 3. The zero-order chi connectivity index (χ0) is 18.0. The Morgan fingerprint density at radius 3 is 2.52 bits per heavy atom. The van der Waals surface area contributed by atoms with Gasteiger partial charge in [0.25, 0.3) is 5.91 Å². The monoisotopic (exact) mass is 336 g/mol. The van der Waals surface area contributed by atoms with Gasteiger partial charge in [0, 0.05) is 24.2 Å². The third-order valence-electron chi connectivity index (χ3n) is 3.84. The molecule has 0 unspecified atom stereocenters. The van der Waals surface area contributed by atoms with Crippen LogP contribution in [0.1, 0.15) is 32.4 Å². The number of hydrogen-bond acceptors (Lipinski definition) is 4. The van der Waals surface area contributed by atoms with Crippen LogP contribution in [0.15, 0.2) is 54.7 Å². The predicted octanol–water partition coefficient (Wildman–Crippen LogP) is 3.34. The number of anilines is 1. The molecular weight excluding hydrogens is 320 g/mol. The van der Waals surface area contributed by atoms with Gasteiger partial charge in [0.1, 0.15) is 0 Å². The van der Waals surface area contributed by atoms with E-state index in [2.05, 4.69) is 10.1 Å². The van der Waals surface area contributed by atoms with Gasteiger partial charge in [-0.25, -0.2) is 4.79 Å². The first-order valence-corrected chi connectivity index (χ1v) is 7.62. The summed E-state index contributed by atoms with van der Waals surface area (Å²) in [7, 11) is 1.30. The van der Waals surface area contributed by atoms with Crippen LogP contribution in [-0.4, -0.2) is 29.5 Å². The van der Waals surface area contributed by atoms with Crippen molar-refractivity contribution >= 4 is 34.4 Å². The van der Waals surface area contributed by atoms with Crippen LogP contribution in [-0.2, 0) is 4.74 Å². The first kappa shape index (κ1) is 16.4. The summed E-state index contributed by atoms with van der Waals surface area (Å²) in [5.74, 6) is -1.02. The highest BCUT2D eigenvalue weighted by Crippen LogP contribution is 2.23. The molecule has 0 atom stereocenters. The molecular formula is C19H16N2O4. The van der Waals surface area contributed by atoms with E-state index in [4.69, 9.17) is 0 Å². The number of esters is 1. The molecule has 6 nitrogen and oxygen atoms in total. The molecule has 1 N–H and O–H groups in total. The van der Waals surface area contributed by atoms with Crippen LogP contribution in [0.5, 0.6) is 0 Å². The van der Waals surface area contributed by atoms with E-state index in [0.29, 0.717) is 27.7 Å². The molecule has 1 heterocycles. The Kier molecular flexibility index (Phi) is 4.35. The highest BCUT2D eigenvalue weighted by atomic mass is 16.5. The number of methoxy groups -OCH3 is 1. The topological polar surface area (TPSA) is 77.4 Å². The number of nitrogens with one attached hydrogen (secondary N) is 1. The molecule has 3 aromatic rings. The lowest BCUT2D eigenvalue weighted by atomic mass is 10.1. The number of ether oxygens (including phenoxy) is 1. The van der Waals surface area contributed by atoms with Gasteiger partial charge in [-0.05, 0) is 24.3 Å². The molecule has 6 heteroatoms. The first-order valence-electron chi connectivity index (χ1n) is 7.62. The summed E-state index contributed by atoms with van der Waals surface area (Å²) in [6.07, 6.45) is 1.52. The lowest BCUT2D eigenvalue weighted by Crippen LogP contribution is -2.12. The maximum absolute atomic E-state index is 12.7. The van der Waals surface area contributed by atoms with Gasteiger partial charge in [0.2, 0.25) is 5.91 Å². The van der Waals surface area contributed by atoms with Gasteiger partial charge < -0.3 is 10.1 Å². The number of carbonyl (C=O) groups excluding carboxylic acids is 3. The van der Waals surface area contributed by atoms with Crippen molar-refractivity contribution in [1.82, 2.24) is 4.57 Å². The normalized spacial score (nSPS) is 10.5. The summed E-state index contributed by atoms with van der Waals surface area (Å²) in [6, 6.07) is 13.6. The number of carbonyl (C=O) groups is 3. The Hall–Kier alpha value is -3.41. The molecule has 0 spiro atoms. The molecule has 0 aliphatic rings. The second-order valence-electron chi connectivity index (χ2n) is 5.48. The van der Waals surface area contributed by atoms with Crippen molar-refractivity contribution in [2.24, 2.45) is 0 Å². The minimum absolute atomic E-state index is 0.178. The van der Waals surface area contributed by atoms with Crippen molar-refractivity contribution in [3.05, 3.63) is 65.9 Å². The van der Waals surface area contributed by atoms with E-state index in [9.17, 15) is 14.4 Å². The van der Waals surface area contributed by atoms with E-state index in [0.717, 1.165) is 0 Å². The Morgan fingerprint density at radius 1 is 1.04 bits per heavy atom. The lowest BCUT2D eigenvalue weighted by molar-refractivity contribution is 0.0600. The number of fused-ring (bicyclic) bond motifs is 1. The van der Waals surface area contributed by atoms with E-state index < -0.39 is 5.97 Å². The van der Waals surface area contributed by atoms with Crippen LogP contribution >= 0.6 is 0 Å². The van der Waals surface area contributed by atoms with Gasteiger partial charge in [0.15, 0.2) is 0 Å². The molecule has 0 aliphatic carbocycles. The molecule has 0 bridgehead atoms. The van der Waals surface area contributed by atoms with Gasteiger partial charge >= 0.3 is 5.97 Å². The molecule has 0 saturated heterocycles. The lowest BCUT2D eigenvalue weighted by Gasteiger charge is -2.06. The van der Waals surface area contributed by atoms with Crippen LogP contribution in [0.2, 0.25) is 0 Å². The van der Waals surface area contributed by atoms with E-state index in [1.807, 2.05) is 12.1 Å². The van der Waals surface area contributed by atoms with Gasteiger partial charge in [-0.15, -0.1) is 0 Å². The third kappa shape index (κ3) is 3.14. The van der Waals surface area contributed by atoms with Crippen molar-refractivity contribution in [2.45, 2.75) is 6.92 Å². The van der Waals surface area contributed by atoms with Crippen molar-refractivity contribution in [3.8, 4) is 0 Å². The van der Waals surface area contributed by atoms with Gasteiger partial charge in [-0.1, -0.05) is 24.3 Å². The van der Waals surface area contributed by atoms with Crippen LogP contribution in [0.3, 0.4) is 0 Å². The average Bonchev–Trinajstić information content (AvgIpc) is 3.01. The minimum atomic E-state index is -0.482. The Morgan fingerprint density at radius 2 is 1.80 bits per heavy atom. The molecule has 0 saturated carbocycles. The fourth-order valence-electron chi connectivity index (χ4n) is 2.66. The van der Waals surface area contributed by atoms with Crippen molar-refractivity contribution in [2.75, 3.05) is 12.4 Å². The van der Waals surface area contributed by atoms with E-state index >= 15 is 0 Å². The third-order valence-corrected chi connectivity index (χ3v) is 3.84. The maximum atomic E-state index is 12.7. The standard InChI is InChI=1S/C19H16N2O4/c1-12(22)21-11-16(15-8-3-4-9-17(15)21)18(23)20-14-7-5-6-13(10-14)19(24)25-2/h3-11H,1-2H3,(H,20,23). The molecule has 0 aliphatic heterocycles.